The standard InChI is InChI=1S/C24H28N4O2S/c1-2-30-20-10-8-19(9-11-20)21-16-22-24(26-14-15-28(22)27-21)31-17-23(29)25-13-12-18-6-4-3-5-7-18/h6,8-11,14-16H,2-5,7,12-13,17H2,1H3,(H,25,29). The molecule has 3 aromatic rings. The van der Waals surface area contributed by atoms with Gasteiger partial charge in [0.15, 0.2) is 0 Å². The Hall–Kier alpha value is -2.80. The molecule has 0 saturated carbocycles. The molecule has 31 heavy (non-hydrogen) atoms. The zero-order chi connectivity index (χ0) is 21.5. The van der Waals surface area contributed by atoms with Gasteiger partial charge in [-0.05, 0) is 69.4 Å². The SMILES string of the molecule is CCOc1ccc(-c2cc3c(SCC(=O)NCCC4=CCCCC4)nccn3n2)cc1. The van der Waals surface area contributed by atoms with Crippen LogP contribution in [0.5, 0.6) is 5.75 Å². The van der Waals surface area contributed by atoms with Crippen molar-refractivity contribution in [3.8, 4) is 17.0 Å². The quantitative estimate of drug-likeness (QED) is 0.382. The van der Waals surface area contributed by atoms with Crippen LogP contribution in [0.1, 0.15) is 39.0 Å². The molecular formula is C24H28N4O2S. The van der Waals surface area contributed by atoms with Crippen LogP contribution in [0.25, 0.3) is 16.8 Å². The van der Waals surface area contributed by atoms with Crippen LogP contribution in [0.4, 0.5) is 0 Å². The third-order valence-corrected chi connectivity index (χ3v) is 6.30. The van der Waals surface area contributed by atoms with Gasteiger partial charge in [0.1, 0.15) is 10.8 Å². The van der Waals surface area contributed by atoms with Gasteiger partial charge in [-0.15, -0.1) is 0 Å². The zero-order valence-corrected chi connectivity index (χ0v) is 18.7. The Morgan fingerprint density at radius 2 is 2.13 bits per heavy atom. The predicted molar refractivity (Wildman–Crippen MR) is 124 cm³/mol. The maximum absolute atomic E-state index is 12.3. The highest BCUT2D eigenvalue weighted by Gasteiger charge is 2.12. The monoisotopic (exact) mass is 436 g/mol. The number of fused-ring (bicyclic) bond motifs is 1. The van der Waals surface area contributed by atoms with Gasteiger partial charge in [0.05, 0.1) is 23.6 Å². The number of amides is 1. The molecule has 1 N–H and O–H groups in total. The number of aromatic nitrogens is 3. The van der Waals surface area contributed by atoms with Gasteiger partial charge in [-0.2, -0.15) is 5.10 Å². The smallest absolute Gasteiger partial charge is 0.230 e. The predicted octanol–water partition coefficient (Wildman–Crippen LogP) is 4.89. The second-order valence-electron chi connectivity index (χ2n) is 7.55. The lowest BCUT2D eigenvalue weighted by molar-refractivity contribution is -0.118. The summed E-state index contributed by atoms with van der Waals surface area (Å²) < 4.78 is 7.33. The van der Waals surface area contributed by atoms with Crippen LogP contribution in [-0.2, 0) is 4.79 Å². The number of benzene rings is 1. The fourth-order valence-electron chi connectivity index (χ4n) is 3.72. The average molecular weight is 437 g/mol. The minimum Gasteiger partial charge on any atom is -0.494 e. The van der Waals surface area contributed by atoms with Gasteiger partial charge in [-0.1, -0.05) is 23.4 Å². The Labute approximate surface area is 187 Å². The Morgan fingerprint density at radius 3 is 2.90 bits per heavy atom. The fraction of sp³-hybridized carbons (Fsp3) is 0.375. The Kier molecular flexibility index (Phi) is 7.25. The lowest BCUT2D eigenvalue weighted by Crippen LogP contribution is -2.26. The number of carbonyl (C=O) groups excluding carboxylic acids is 1. The molecule has 1 aromatic carbocycles. The molecule has 7 heteroatoms. The molecule has 0 unspecified atom stereocenters. The maximum atomic E-state index is 12.3. The summed E-state index contributed by atoms with van der Waals surface area (Å²) in [6.45, 7) is 3.32. The lowest BCUT2D eigenvalue weighted by Gasteiger charge is -2.12. The Morgan fingerprint density at radius 1 is 1.26 bits per heavy atom. The number of ether oxygens (including phenoxy) is 1. The fourth-order valence-corrected chi connectivity index (χ4v) is 4.52. The van der Waals surface area contributed by atoms with Crippen molar-refractivity contribution in [1.29, 1.82) is 0 Å². The topological polar surface area (TPSA) is 68.5 Å². The summed E-state index contributed by atoms with van der Waals surface area (Å²) in [5, 5.41) is 8.50. The molecule has 0 aliphatic heterocycles. The zero-order valence-electron chi connectivity index (χ0n) is 17.8. The first-order valence-corrected chi connectivity index (χ1v) is 11.9. The summed E-state index contributed by atoms with van der Waals surface area (Å²) in [5.74, 6) is 1.23. The van der Waals surface area contributed by atoms with Gasteiger partial charge in [-0.3, -0.25) is 4.79 Å². The van der Waals surface area contributed by atoms with E-state index in [1.165, 1.54) is 43.0 Å². The first kappa shape index (κ1) is 21.4. The van der Waals surface area contributed by atoms with Gasteiger partial charge < -0.3 is 10.1 Å². The third kappa shape index (κ3) is 5.67. The number of rotatable bonds is 9. The van der Waals surface area contributed by atoms with E-state index in [4.69, 9.17) is 4.74 Å². The molecular weight excluding hydrogens is 408 g/mol. The molecule has 1 aliphatic rings. The summed E-state index contributed by atoms with van der Waals surface area (Å²) in [6.07, 6.45) is 11.8. The van der Waals surface area contributed by atoms with E-state index in [9.17, 15) is 4.79 Å². The average Bonchev–Trinajstić information content (AvgIpc) is 3.24. The molecule has 0 bridgehead atoms. The van der Waals surface area contributed by atoms with E-state index >= 15 is 0 Å². The molecule has 1 amide bonds. The van der Waals surface area contributed by atoms with Gasteiger partial charge in [0.2, 0.25) is 5.91 Å². The summed E-state index contributed by atoms with van der Waals surface area (Å²) in [5.41, 5.74) is 4.25. The van der Waals surface area contributed by atoms with Gasteiger partial charge >= 0.3 is 0 Å². The van der Waals surface area contributed by atoms with Crippen molar-refractivity contribution in [3.05, 3.63) is 54.4 Å². The number of nitrogens with zero attached hydrogens (tertiary/aromatic N) is 3. The molecule has 1 aliphatic carbocycles. The normalized spacial score (nSPS) is 13.8. The van der Waals surface area contributed by atoms with Crippen LogP contribution >= 0.6 is 11.8 Å². The Balaban J connectivity index is 1.36. The molecule has 0 atom stereocenters. The first-order chi connectivity index (χ1) is 15.2. The first-order valence-electron chi connectivity index (χ1n) is 10.9. The van der Waals surface area contributed by atoms with Crippen LogP contribution < -0.4 is 10.1 Å². The lowest BCUT2D eigenvalue weighted by atomic mass is 9.97. The van der Waals surface area contributed by atoms with Crippen molar-refractivity contribution in [2.24, 2.45) is 0 Å². The van der Waals surface area contributed by atoms with Crippen LogP contribution in [0.3, 0.4) is 0 Å². The second kappa shape index (κ2) is 10.5. The summed E-state index contributed by atoms with van der Waals surface area (Å²) in [4.78, 5) is 16.8. The van der Waals surface area contributed by atoms with E-state index in [1.807, 2.05) is 48.0 Å². The summed E-state index contributed by atoms with van der Waals surface area (Å²) >= 11 is 1.44. The van der Waals surface area contributed by atoms with Gasteiger partial charge in [0, 0.05) is 24.5 Å². The molecule has 0 saturated heterocycles. The van der Waals surface area contributed by atoms with Gasteiger partial charge in [0.25, 0.3) is 0 Å². The highest BCUT2D eigenvalue weighted by Crippen LogP contribution is 2.27. The molecule has 0 spiro atoms. The van der Waals surface area contributed by atoms with E-state index in [1.54, 1.807) is 6.20 Å². The summed E-state index contributed by atoms with van der Waals surface area (Å²) in [6, 6.07) is 9.91. The molecule has 162 valence electrons. The number of allylic oxidation sites excluding steroid dienone is 1. The van der Waals surface area contributed by atoms with Gasteiger partial charge in [-0.25, -0.2) is 9.50 Å². The molecule has 0 radical (unpaired) electrons. The largest absolute Gasteiger partial charge is 0.494 e. The van der Waals surface area contributed by atoms with Crippen molar-refractivity contribution in [2.45, 2.75) is 44.1 Å². The maximum Gasteiger partial charge on any atom is 0.230 e. The molecule has 0 fully saturated rings. The van der Waals surface area contributed by atoms with E-state index in [-0.39, 0.29) is 5.91 Å². The highest BCUT2D eigenvalue weighted by molar-refractivity contribution is 8.00. The van der Waals surface area contributed by atoms with Crippen LogP contribution in [0.2, 0.25) is 0 Å². The van der Waals surface area contributed by atoms with Crippen LogP contribution in [-0.4, -0.2) is 39.4 Å². The van der Waals surface area contributed by atoms with Crippen molar-refractivity contribution in [1.82, 2.24) is 19.9 Å². The van der Waals surface area contributed by atoms with E-state index in [0.29, 0.717) is 18.9 Å². The molecule has 2 heterocycles. The number of thioether (sulfide) groups is 1. The number of nitrogens with one attached hydrogen (secondary N) is 1. The second-order valence-corrected chi connectivity index (χ2v) is 8.51. The number of hydrogen-bond acceptors (Lipinski definition) is 5. The Bertz CT molecular complexity index is 1060. The highest BCUT2D eigenvalue weighted by atomic mass is 32.2. The number of carbonyl (C=O) groups is 1. The van der Waals surface area contributed by atoms with Crippen LogP contribution in [0, 0.1) is 0 Å². The van der Waals surface area contributed by atoms with Crippen molar-refractivity contribution in [2.75, 3.05) is 18.9 Å². The minimum atomic E-state index is 0.0384. The molecule has 2 aromatic heterocycles. The molecule has 6 nitrogen and oxygen atoms in total. The summed E-state index contributed by atoms with van der Waals surface area (Å²) in [7, 11) is 0. The van der Waals surface area contributed by atoms with E-state index in [0.717, 1.165) is 34.0 Å². The van der Waals surface area contributed by atoms with Crippen LogP contribution in [0.15, 0.2) is 59.4 Å². The van der Waals surface area contributed by atoms with Crippen molar-refractivity contribution < 1.29 is 9.53 Å². The van der Waals surface area contributed by atoms with Crippen molar-refractivity contribution >= 4 is 23.2 Å². The molecule has 4 rings (SSSR count). The minimum absolute atomic E-state index is 0.0384. The van der Waals surface area contributed by atoms with E-state index < -0.39 is 0 Å². The van der Waals surface area contributed by atoms with Crippen molar-refractivity contribution in [3.63, 3.8) is 0 Å². The third-order valence-electron chi connectivity index (χ3n) is 5.31. The van der Waals surface area contributed by atoms with E-state index in [2.05, 4.69) is 21.5 Å². The number of hydrogen-bond donors (Lipinski definition) is 1.